The molecule has 0 aliphatic heterocycles. The number of para-hydroxylation sites is 1. The van der Waals surface area contributed by atoms with Gasteiger partial charge in [0.15, 0.2) is 5.43 Å². The van der Waals surface area contributed by atoms with Gasteiger partial charge >= 0.3 is 0 Å². The van der Waals surface area contributed by atoms with Gasteiger partial charge in [-0.25, -0.2) is 0 Å². The second-order valence-electron chi connectivity index (χ2n) is 3.84. The Kier molecular flexibility index (Phi) is 1.51. The van der Waals surface area contributed by atoms with Gasteiger partial charge in [-0.15, -0.1) is 0 Å². The van der Waals surface area contributed by atoms with E-state index in [1.54, 1.807) is 6.07 Å². The number of benzene rings is 1. The Hall–Kier alpha value is -1.57. The number of nitrogens with zero attached hydrogens (tertiary/aromatic N) is 1. The first-order valence-corrected chi connectivity index (χ1v) is 4.96. The van der Waals surface area contributed by atoms with Crippen LogP contribution in [0.1, 0.15) is 18.9 Å². The minimum Gasteiger partial charge on any atom is -0.344 e. The summed E-state index contributed by atoms with van der Waals surface area (Å²) in [6, 6.07) is 10.1. The van der Waals surface area contributed by atoms with Gasteiger partial charge in [0.1, 0.15) is 0 Å². The van der Waals surface area contributed by atoms with E-state index in [0.29, 0.717) is 6.04 Å². The van der Waals surface area contributed by atoms with Gasteiger partial charge < -0.3 is 4.57 Å². The Morgan fingerprint density at radius 3 is 2.71 bits per heavy atom. The first kappa shape index (κ1) is 7.80. The van der Waals surface area contributed by atoms with E-state index in [1.165, 1.54) is 12.8 Å². The molecule has 2 nitrogen and oxygen atoms in total. The zero-order chi connectivity index (χ0) is 9.54. The Balaban J connectivity index is 2.41. The molecular formula is C12H11NO. The van der Waals surface area contributed by atoms with Crippen LogP contribution in [-0.2, 0) is 0 Å². The summed E-state index contributed by atoms with van der Waals surface area (Å²) in [5.74, 6) is 0. The highest BCUT2D eigenvalue weighted by Crippen LogP contribution is 2.36. The second-order valence-corrected chi connectivity index (χ2v) is 3.84. The van der Waals surface area contributed by atoms with E-state index in [2.05, 4.69) is 4.57 Å². The van der Waals surface area contributed by atoms with Crippen LogP contribution in [0.25, 0.3) is 10.9 Å². The quantitative estimate of drug-likeness (QED) is 0.668. The average Bonchev–Trinajstić information content (AvgIpc) is 3.03. The molecule has 3 rings (SSSR count). The number of hydrogen-bond donors (Lipinski definition) is 0. The Morgan fingerprint density at radius 1 is 1.14 bits per heavy atom. The summed E-state index contributed by atoms with van der Waals surface area (Å²) >= 11 is 0. The van der Waals surface area contributed by atoms with E-state index in [0.717, 1.165) is 10.9 Å². The summed E-state index contributed by atoms with van der Waals surface area (Å²) < 4.78 is 2.22. The van der Waals surface area contributed by atoms with Crippen LogP contribution in [-0.4, -0.2) is 4.57 Å². The fourth-order valence-electron chi connectivity index (χ4n) is 1.90. The minimum absolute atomic E-state index is 0.123. The molecule has 0 amide bonds. The maximum absolute atomic E-state index is 11.6. The van der Waals surface area contributed by atoms with Crippen molar-refractivity contribution in [3.05, 3.63) is 46.8 Å². The molecule has 0 spiro atoms. The molecule has 1 heterocycles. The third kappa shape index (κ3) is 1.07. The van der Waals surface area contributed by atoms with Gasteiger partial charge in [-0.2, -0.15) is 0 Å². The summed E-state index contributed by atoms with van der Waals surface area (Å²) in [6.45, 7) is 0. The van der Waals surface area contributed by atoms with Crippen molar-refractivity contribution in [3.8, 4) is 0 Å². The van der Waals surface area contributed by atoms with Crippen molar-refractivity contribution in [2.75, 3.05) is 0 Å². The summed E-state index contributed by atoms with van der Waals surface area (Å²) in [5, 5.41) is 0.835. The lowest BCUT2D eigenvalue weighted by molar-refractivity contribution is 0.766. The lowest BCUT2D eigenvalue weighted by Crippen LogP contribution is -2.06. The first-order chi connectivity index (χ1) is 6.86. The summed E-state index contributed by atoms with van der Waals surface area (Å²) in [6.07, 6.45) is 4.40. The van der Waals surface area contributed by atoms with Gasteiger partial charge in [0.25, 0.3) is 0 Å². The fraction of sp³-hybridized carbons (Fsp3) is 0.250. The van der Waals surface area contributed by atoms with Crippen molar-refractivity contribution in [3.63, 3.8) is 0 Å². The second kappa shape index (κ2) is 2.71. The van der Waals surface area contributed by atoms with E-state index in [1.807, 2.05) is 30.5 Å². The molecule has 1 aromatic heterocycles. The van der Waals surface area contributed by atoms with Crippen LogP contribution in [0.2, 0.25) is 0 Å². The van der Waals surface area contributed by atoms with Gasteiger partial charge in [0, 0.05) is 23.7 Å². The molecule has 0 N–H and O–H groups in total. The van der Waals surface area contributed by atoms with Crippen molar-refractivity contribution in [1.82, 2.24) is 4.57 Å². The molecule has 1 saturated carbocycles. The Morgan fingerprint density at radius 2 is 1.93 bits per heavy atom. The molecule has 0 atom stereocenters. The van der Waals surface area contributed by atoms with Gasteiger partial charge in [0.2, 0.25) is 0 Å². The van der Waals surface area contributed by atoms with E-state index in [4.69, 9.17) is 0 Å². The third-order valence-corrected chi connectivity index (χ3v) is 2.77. The molecule has 0 saturated heterocycles. The molecule has 0 unspecified atom stereocenters. The van der Waals surface area contributed by atoms with Crippen LogP contribution < -0.4 is 5.43 Å². The van der Waals surface area contributed by atoms with Crippen molar-refractivity contribution < 1.29 is 0 Å². The molecular weight excluding hydrogens is 174 g/mol. The fourth-order valence-corrected chi connectivity index (χ4v) is 1.90. The summed E-state index contributed by atoms with van der Waals surface area (Å²) in [5.41, 5.74) is 1.19. The summed E-state index contributed by atoms with van der Waals surface area (Å²) in [4.78, 5) is 11.6. The number of pyridine rings is 1. The number of aromatic nitrogens is 1. The number of fused-ring (bicyclic) bond motifs is 1. The first-order valence-electron chi connectivity index (χ1n) is 4.96. The van der Waals surface area contributed by atoms with Crippen LogP contribution >= 0.6 is 0 Å². The van der Waals surface area contributed by atoms with Crippen LogP contribution in [0.15, 0.2) is 41.3 Å². The van der Waals surface area contributed by atoms with Crippen LogP contribution in [0, 0.1) is 0 Å². The van der Waals surface area contributed by atoms with Crippen LogP contribution in [0.3, 0.4) is 0 Å². The predicted molar refractivity (Wildman–Crippen MR) is 56.5 cm³/mol. The molecule has 1 aromatic carbocycles. The molecule has 1 aliphatic rings. The lowest BCUT2D eigenvalue weighted by atomic mass is 10.2. The van der Waals surface area contributed by atoms with Gasteiger partial charge in [-0.05, 0) is 25.0 Å². The van der Waals surface area contributed by atoms with E-state index in [-0.39, 0.29) is 5.43 Å². The highest BCUT2D eigenvalue weighted by Gasteiger charge is 2.23. The zero-order valence-electron chi connectivity index (χ0n) is 7.81. The number of hydrogen-bond acceptors (Lipinski definition) is 1. The van der Waals surface area contributed by atoms with Gasteiger partial charge in [-0.1, -0.05) is 12.1 Å². The van der Waals surface area contributed by atoms with Gasteiger partial charge in [0.05, 0.1) is 5.52 Å². The lowest BCUT2D eigenvalue weighted by Gasteiger charge is -2.08. The monoisotopic (exact) mass is 185 g/mol. The van der Waals surface area contributed by atoms with E-state index < -0.39 is 0 Å². The zero-order valence-corrected chi connectivity index (χ0v) is 7.81. The van der Waals surface area contributed by atoms with Crippen molar-refractivity contribution in [1.29, 1.82) is 0 Å². The van der Waals surface area contributed by atoms with Gasteiger partial charge in [-0.3, -0.25) is 4.79 Å². The average molecular weight is 185 g/mol. The van der Waals surface area contributed by atoms with Crippen LogP contribution in [0.4, 0.5) is 0 Å². The Labute approximate surface area is 81.8 Å². The molecule has 70 valence electrons. The number of rotatable bonds is 1. The Bertz CT molecular complexity index is 537. The maximum atomic E-state index is 11.6. The summed E-state index contributed by atoms with van der Waals surface area (Å²) in [7, 11) is 0. The normalized spacial score (nSPS) is 16.0. The largest absolute Gasteiger partial charge is 0.344 e. The van der Waals surface area contributed by atoms with Crippen LogP contribution in [0.5, 0.6) is 0 Å². The van der Waals surface area contributed by atoms with Crippen molar-refractivity contribution in [2.24, 2.45) is 0 Å². The standard InChI is InChI=1S/C12H11NO/c14-12-7-8-13(9-5-6-9)11-4-2-1-3-10(11)12/h1-4,7-9H,5-6H2. The topological polar surface area (TPSA) is 22.0 Å². The maximum Gasteiger partial charge on any atom is 0.189 e. The molecule has 14 heavy (non-hydrogen) atoms. The molecule has 2 heteroatoms. The smallest absolute Gasteiger partial charge is 0.189 e. The van der Waals surface area contributed by atoms with Crippen molar-refractivity contribution >= 4 is 10.9 Å². The molecule has 0 radical (unpaired) electrons. The minimum atomic E-state index is 0.123. The molecule has 2 aromatic rings. The van der Waals surface area contributed by atoms with E-state index in [9.17, 15) is 4.79 Å². The highest BCUT2D eigenvalue weighted by molar-refractivity contribution is 5.78. The predicted octanol–water partition coefficient (Wildman–Crippen LogP) is 2.34. The SMILES string of the molecule is O=c1ccn(C2CC2)c2ccccc12. The molecule has 0 bridgehead atoms. The molecule has 1 fully saturated rings. The molecule has 1 aliphatic carbocycles. The van der Waals surface area contributed by atoms with E-state index >= 15 is 0 Å². The third-order valence-electron chi connectivity index (χ3n) is 2.77. The highest BCUT2D eigenvalue weighted by atomic mass is 16.1. The van der Waals surface area contributed by atoms with Crippen molar-refractivity contribution in [2.45, 2.75) is 18.9 Å².